The summed E-state index contributed by atoms with van der Waals surface area (Å²) in [4.78, 5) is 0. The molecular weight excluding hydrogens is 164 g/mol. The fraction of sp³-hybridized carbons (Fsp3) is 0.556. The number of hydrogen-bond donors (Lipinski definition) is 1. The van der Waals surface area contributed by atoms with Crippen LogP contribution in [0.5, 0.6) is 0 Å². The lowest BCUT2D eigenvalue weighted by Crippen LogP contribution is -2.16. The van der Waals surface area contributed by atoms with Crippen molar-refractivity contribution in [2.75, 3.05) is 6.54 Å². The highest BCUT2D eigenvalue weighted by Gasteiger charge is 1.96. The van der Waals surface area contributed by atoms with Crippen LogP contribution >= 0.6 is 0 Å². The van der Waals surface area contributed by atoms with E-state index in [9.17, 15) is 0 Å². The van der Waals surface area contributed by atoms with Crippen LogP contribution in [0.2, 0.25) is 0 Å². The summed E-state index contributed by atoms with van der Waals surface area (Å²) in [5.41, 5.74) is 1.09. The van der Waals surface area contributed by atoms with Crippen molar-refractivity contribution in [2.45, 2.75) is 19.9 Å². The van der Waals surface area contributed by atoms with Gasteiger partial charge in [0.15, 0.2) is 0 Å². The van der Waals surface area contributed by atoms with E-state index < -0.39 is 0 Å². The molecule has 70 valence electrons. The average molecular weight is 178 g/mol. The van der Waals surface area contributed by atoms with Crippen LogP contribution in [0.25, 0.3) is 0 Å². The molecule has 0 radical (unpaired) electrons. The van der Waals surface area contributed by atoms with Gasteiger partial charge in [0.1, 0.15) is 0 Å². The summed E-state index contributed by atoms with van der Waals surface area (Å²) < 4.78 is 1.76. The van der Waals surface area contributed by atoms with Crippen LogP contribution in [-0.4, -0.2) is 21.5 Å². The van der Waals surface area contributed by atoms with Crippen molar-refractivity contribution in [3.63, 3.8) is 0 Å². The number of hydrogen-bond acceptors (Lipinski definition) is 3. The van der Waals surface area contributed by atoms with Gasteiger partial charge in [0.25, 0.3) is 0 Å². The third kappa shape index (κ3) is 3.26. The molecule has 0 unspecified atom stereocenters. The fourth-order valence-corrected chi connectivity index (χ4v) is 0.963. The summed E-state index contributed by atoms with van der Waals surface area (Å²) in [5.74, 6) is 5.85. The van der Waals surface area contributed by atoms with E-state index in [0.29, 0.717) is 0 Å². The van der Waals surface area contributed by atoms with Gasteiger partial charge in [0.05, 0.1) is 11.9 Å². The third-order valence-electron chi connectivity index (χ3n) is 1.72. The highest BCUT2D eigenvalue weighted by molar-refractivity contribution is 4.96. The maximum absolute atomic E-state index is 3.83. The Morgan fingerprint density at radius 1 is 1.62 bits per heavy atom. The first-order valence-electron chi connectivity index (χ1n) is 4.28. The van der Waals surface area contributed by atoms with Gasteiger partial charge >= 0.3 is 0 Å². The zero-order chi connectivity index (χ0) is 9.52. The second-order valence-corrected chi connectivity index (χ2v) is 2.70. The van der Waals surface area contributed by atoms with E-state index >= 15 is 0 Å². The van der Waals surface area contributed by atoms with Gasteiger partial charge in [-0.3, -0.25) is 4.68 Å². The number of nitrogens with zero attached hydrogens (tertiary/aromatic N) is 3. The van der Waals surface area contributed by atoms with Crippen molar-refractivity contribution in [3.8, 4) is 11.8 Å². The topological polar surface area (TPSA) is 42.7 Å². The minimum Gasteiger partial charge on any atom is -0.310 e. The van der Waals surface area contributed by atoms with Crippen molar-refractivity contribution < 1.29 is 0 Å². The Morgan fingerprint density at radius 3 is 3.08 bits per heavy atom. The van der Waals surface area contributed by atoms with Crippen LogP contribution in [0.3, 0.4) is 0 Å². The molecule has 1 heterocycles. The zero-order valence-electron chi connectivity index (χ0n) is 8.04. The maximum Gasteiger partial charge on any atom is 0.0738 e. The molecule has 13 heavy (non-hydrogen) atoms. The molecule has 0 atom stereocenters. The van der Waals surface area contributed by atoms with Gasteiger partial charge in [-0.25, -0.2) is 0 Å². The smallest absolute Gasteiger partial charge is 0.0738 e. The van der Waals surface area contributed by atoms with E-state index in [4.69, 9.17) is 0 Å². The van der Waals surface area contributed by atoms with Gasteiger partial charge < -0.3 is 5.32 Å². The molecule has 0 spiro atoms. The van der Waals surface area contributed by atoms with E-state index in [1.807, 2.05) is 14.0 Å². The Kier molecular flexibility index (Phi) is 4.00. The Bertz CT molecular complexity index is 305. The molecule has 0 aliphatic heterocycles. The molecule has 0 saturated heterocycles. The molecule has 1 aromatic heterocycles. The lowest BCUT2D eigenvalue weighted by Gasteiger charge is -2.00. The van der Waals surface area contributed by atoms with Crippen LogP contribution in [-0.2, 0) is 13.6 Å². The normalized spacial score (nSPS) is 9.38. The summed E-state index contributed by atoms with van der Waals surface area (Å²) >= 11 is 0. The van der Waals surface area contributed by atoms with Gasteiger partial charge in [-0.05, 0) is 6.92 Å². The number of aromatic nitrogens is 3. The fourth-order valence-electron chi connectivity index (χ4n) is 0.963. The molecule has 1 N–H and O–H groups in total. The van der Waals surface area contributed by atoms with Gasteiger partial charge in [0.2, 0.25) is 0 Å². The maximum atomic E-state index is 3.83. The molecule has 4 heteroatoms. The van der Waals surface area contributed by atoms with E-state index in [1.165, 1.54) is 0 Å². The summed E-state index contributed by atoms with van der Waals surface area (Å²) in [6.07, 6.45) is 2.65. The molecule has 0 fully saturated rings. The van der Waals surface area contributed by atoms with Gasteiger partial charge in [-0.15, -0.1) is 16.9 Å². The van der Waals surface area contributed by atoms with E-state index in [0.717, 1.165) is 25.2 Å². The van der Waals surface area contributed by atoms with Crippen molar-refractivity contribution in [3.05, 3.63) is 11.9 Å². The van der Waals surface area contributed by atoms with Crippen molar-refractivity contribution in [2.24, 2.45) is 7.05 Å². The first-order valence-corrected chi connectivity index (χ1v) is 4.28. The summed E-state index contributed by atoms with van der Waals surface area (Å²) in [6.45, 7) is 3.56. The molecule has 0 aliphatic carbocycles. The number of aryl methyl sites for hydroxylation is 1. The van der Waals surface area contributed by atoms with Crippen LogP contribution in [0.15, 0.2) is 6.20 Å². The first-order chi connectivity index (χ1) is 6.34. The third-order valence-corrected chi connectivity index (χ3v) is 1.72. The van der Waals surface area contributed by atoms with Crippen molar-refractivity contribution in [1.29, 1.82) is 0 Å². The Morgan fingerprint density at radius 2 is 2.46 bits per heavy atom. The van der Waals surface area contributed by atoms with Crippen LogP contribution in [0.1, 0.15) is 19.0 Å². The molecule has 0 aromatic carbocycles. The Labute approximate surface area is 78.3 Å². The molecule has 0 amide bonds. The Hall–Kier alpha value is -1.34. The molecule has 1 rings (SSSR count). The minimum atomic E-state index is 0.800. The quantitative estimate of drug-likeness (QED) is 0.533. The van der Waals surface area contributed by atoms with Gasteiger partial charge in [-0.2, -0.15) is 0 Å². The van der Waals surface area contributed by atoms with E-state index in [1.54, 1.807) is 10.9 Å². The molecule has 0 aliphatic rings. The highest BCUT2D eigenvalue weighted by Crippen LogP contribution is 1.91. The second-order valence-electron chi connectivity index (χ2n) is 2.70. The van der Waals surface area contributed by atoms with Crippen LogP contribution in [0.4, 0.5) is 0 Å². The lowest BCUT2D eigenvalue weighted by atomic mass is 10.4. The molecular formula is C9H14N4. The molecule has 1 aromatic rings. The predicted octanol–water partition coefficient (Wildman–Crippen LogP) is 0.318. The van der Waals surface area contributed by atoms with Crippen molar-refractivity contribution in [1.82, 2.24) is 20.3 Å². The number of rotatable bonds is 4. The SMILES string of the molecule is CC#CCCNCc1cnnn1C. The summed E-state index contributed by atoms with van der Waals surface area (Å²) in [5, 5.41) is 10.9. The largest absolute Gasteiger partial charge is 0.310 e. The first kappa shape index (κ1) is 9.75. The monoisotopic (exact) mass is 178 g/mol. The molecule has 0 bridgehead atoms. The predicted molar refractivity (Wildman–Crippen MR) is 50.8 cm³/mol. The lowest BCUT2D eigenvalue weighted by molar-refractivity contribution is 0.622. The molecule has 0 saturated carbocycles. The summed E-state index contributed by atoms with van der Waals surface area (Å²) in [6, 6.07) is 0. The van der Waals surface area contributed by atoms with Crippen LogP contribution < -0.4 is 5.32 Å². The highest BCUT2D eigenvalue weighted by atomic mass is 15.4. The van der Waals surface area contributed by atoms with E-state index in [2.05, 4.69) is 27.5 Å². The second kappa shape index (κ2) is 5.33. The standard InChI is InChI=1S/C9H14N4/c1-3-4-5-6-10-7-9-8-11-12-13(9)2/h8,10H,5-7H2,1-2H3. The molecule has 4 nitrogen and oxygen atoms in total. The van der Waals surface area contributed by atoms with Gasteiger partial charge in [0, 0.05) is 26.6 Å². The minimum absolute atomic E-state index is 0.800. The number of nitrogens with one attached hydrogen (secondary N) is 1. The van der Waals surface area contributed by atoms with Gasteiger partial charge in [-0.1, -0.05) is 5.21 Å². The Balaban J connectivity index is 2.19. The zero-order valence-corrected chi connectivity index (χ0v) is 8.04. The summed E-state index contributed by atoms with van der Waals surface area (Å²) in [7, 11) is 1.88. The average Bonchev–Trinajstić information content (AvgIpc) is 2.52. The van der Waals surface area contributed by atoms with Crippen LogP contribution in [0, 0.1) is 11.8 Å². The van der Waals surface area contributed by atoms with Crippen molar-refractivity contribution >= 4 is 0 Å². The van der Waals surface area contributed by atoms with E-state index in [-0.39, 0.29) is 0 Å².